The van der Waals surface area contributed by atoms with Crippen LogP contribution in [-0.2, 0) is 24.0 Å². The minimum Gasteiger partial charge on any atom is -0.383 e. The molecule has 0 amide bonds. The van der Waals surface area contributed by atoms with Crippen molar-refractivity contribution in [2.24, 2.45) is 0 Å². The van der Waals surface area contributed by atoms with Crippen LogP contribution in [0.2, 0.25) is 0 Å². The molecule has 1 aromatic rings. The van der Waals surface area contributed by atoms with Crippen molar-refractivity contribution in [1.82, 2.24) is 15.3 Å². The van der Waals surface area contributed by atoms with Crippen molar-refractivity contribution in [3.8, 4) is 0 Å². The lowest BCUT2D eigenvalue weighted by atomic mass is 9.95. The number of aromatic nitrogens is 2. The number of rotatable bonds is 6. The van der Waals surface area contributed by atoms with Gasteiger partial charge in [0.25, 0.3) is 0 Å². The minimum absolute atomic E-state index is 0.378. The third-order valence-electron chi connectivity index (χ3n) is 3.69. The quantitative estimate of drug-likeness (QED) is 0.850. The van der Waals surface area contributed by atoms with E-state index in [9.17, 15) is 0 Å². The Morgan fingerprint density at radius 1 is 1.26 bits per heavy atom. The van der Waals surface area contributed by atoms with E-state index in [1.54, 1.807) is 7.11 Å². The molecule has 106 valence electrons. The lowest BCUT2D eigenvalue weighted by Crippen LogP contribution is -2.32. The Morgan fingerprint density at radius 2 is 2.05 bits per heavy atom. The van der Waals surface area contributed by atoms with Gasteiger partial charge in [-0.3, -0.25) is 0 Å². The Bertz CT molecular complexity index is 420. The number of hydrogen-bond donors (Lipinski definition) is 1. The fourth-order valence-electron chi connectivity index (χ4n) is 2.70. The molecule has 0 saturated carbocycles. The summed E-state index contributed by atoms with van der Waals surface area (Å²) in [5.74, 6) is 0.982. The van der Waals surface area contributed by atoms with Gasteiger partial charge in [-0.15, -0.1) is 0 Å². The van der Waals surface area contributed by atoms with E-state index in [0.717, 1.165) is 38.2 Å². The number of fused-ring (bicyclic) bond motifs is 1. The third kappa shape index (κ3) is 3.98. The predicted molar refractivity (Wildman–Crippen MR) is 76.5 cm³/mol. The average molecular weight is 263 g/mol. The predicted octanol–water partition coefficient (Wildman–Crippen LogP) is 1.83. The second-order valence-corrected chi connectivity index (χ2v) is 5.42. The fourth-order valence-corrected chi connectivity index (χ4v) is 2.70. The van der Waals surface area contributed by atoms with Crippen LogP contribution in [0, 0.1) is 6.92 Å². The summed E-state index contributed by atoms with van der Waals surface area (Å²) in [6, 6.07) is 0.378. The number of methoxy groups -OCH3 is 1. The van der Waals surface area contributed by atoms with Crippen LogP contribution in [0.25, 0.3) is 0 Å². The zero-order chi connectivity index (χ0) is 13.7. The molecule has 1 atom stereocenters. The molecule has 0 bridgehead atoms. The highest BCUT2D eigenvalue weighted by Gasteiger charge is 2.15. The first-order chi connectivity index (χ1) is 9.20. The van der Waals surface area contributed by atoms with Crippen LogP contribution >= 0.6 is 0 Å². The Balaban J connectivity index is 1.92. The van der Waals surface area contributed by atoms with Gasteiger partial charge in [-0.1, -0.05) is 0 Å². The molecular weight excluding hydrogens is 238 g/mol. The standard InChI is InChI=1S/C15H25N3O/c1-11(10-19-3)16-9-8-15-17-12(2)13-6-4-5-7-14(13)18-15/h11,16H,4-10H2,1-3H3/t11-/m1/s1. The molecule has 0 fully saturated rings. The maximum absolute atomic E-state index is 5.11. The molecule has 0 unspecified atom stereocenters. The van der Waals surface area contributed by atoms with Gasteiger partial charge in [0.15, 0.2) is 0 Å². The first-order valence-corrected chi connectivity index (χ1v) is 7.28. The minimum atomic E-state index is 0.378. The normalized spacial score (nSPS) is 16.2. The molecule has 0 saturated heterocycles. The van der Waals surface area contributed by atoms with Gasteiger partial charge >= 0.3 is 0 Å². The van der Waals surface area contributed by atoms with Crippen LogP contribution in [-0.4, -0.2) is 36.3 Å². The molecule has 19 heavy (non-hydrogen) atoms. The van der Waals surface area contributed by atoms with Crippen molar-refractivity contribution in [2.75, 3.05) is 20.3 Å². The van der Waals surface area contributed by atoms with Crippen LogP contribution in [0.4, 0.5) is 0 Å². The van der Waals surface area contributed by atoms with E-state index in [1.807, 2.05) is 0 Å². The molecular formula is C15H25N3O. The van der Waals surface area contributed by atoms with Crippen LogP contribution in [0.5, 0.6) is 0 Å². The van der Waals surface area contributed by atoms with Crippen LogP contribution in [0.3, 0.4) is 0 Å². The molecule has 4 heteroatoms. The molecule has 0 spiro atoms. The molecule has 0 radical (unpaired) electrons. The molecule has 2 rings (SSSR count). The summed E-state index contributed by atoms with van der Waals surface area (Å²) in [6.45, 7) is 5.89. The van der Waals surface area contributed by atoms with E-state index >= 15 is 0 Å². The Morgan fingerprint density at radius 3 is 2.84 bits per heavy atom. The molecule has 4 nitrogen and oxygen atoms in total. The zero-order valence-electron chi connectivity index (χ0n) is 12.3. The second kappa shape index (κ2) is 6.96. The third-order valence-corrected chi connectivity index (χ3v) is 3.69. The topological polar surface area (TPSA) is 47.0 Å². The number of aryl methyl sites for hydroxylation is 2. The Labute approximate surface area is 116 Å². The first-order valence-electron chi connectivity index (χ1n) is 7.28. The van der Waals surface area contributed by atoms with Crippen molar-refractivity contribution in [2.45, 2.75) is 52.0 Å². The molecule has 0 aliphatic heterocycles. The lowest BCUT2D eigenvalue weighted by Gasteiger charge is -2.18. The molecule has 1 heterocycles. The highest BCUT2D eigenvalue weighted by Crippen LogP contribution is 2.21. The van der Waals surface area contributed by atoms with Gasteiger partial charge in [-0.2, -0.15) is 0 Å². The van der Waals surface area contributed by atoms with Gasteiger partial charge in [0, 0.05) is 37.5 Å². The van der Waals surface area contributed by atoms with E-state index in [-0.39, 0.29) is 0 Å². The summed E-state index contributed by atoms with van der Waals surface area (Å²) in [7, 11) is 1.73. The number of ether oxygens (including phenoxy) is 1. The van der Waals surface area contributed by atoms with Gasteiger partial charge in [0.05, 0.1) is 6.61 Å². The maximum atomic E-state index is 5.11. The lowest BCUT2D eigenvalue weighted by molar-refractivity contribution is 0.172. The van der Waals surface area contributed by atoms with Crippen molar-refractivity contribution >= 4 is 0 Å². The van der Waals surface area contributed by atoms with E-state index in [2.05, 4.69) is 24.1 Å². The van der Waals surface area contributed by atoms with Crippen molar-refractivity contribution in [1.29, 1.82) is 0 Å². The van der Waals surface area contributed by atoms with Crippen LogP contribution in [0.15, 0.2) is 0 Å². The molecule has 1 N–H and O–H groups in total. The SMILES string of the molecule is COC[C@@H](C)NCCc1nc(C)c2c(n1)CCCC2. The van der Waals surface area contributed by atoms with Gasteiger partial charge in [-0.25, -0.2) is 9.97 Å². The van der Waals surface area contributed by atoms with Crippen molar-refractivity contribution < 1.29 is 4.74 Å². The Kier molecular flexibility index (Phi) is 5.28. The fraction of sp³-hybridized carbons (Fsp3) is 0.733. The van der Waals surface area contributed by atoms with Crippen molar-refractivity contribution in [3.63, 3.8) is 0 Å². The van der Waals surface area contributed by atoms with Gasteiger partial charge in [0.1, 0.15) is 5.82 Å². The van der Waals surface area contributed by atoms with E-state index in [4.69, 9.17) is 9.72 Å². The van der Waals surface area contributed by atoms with Gasteiger partial charge in [-0.05, 0) is 45.1 Å². The zero-order valence-corrected chi connectivity index (χ0v) is 12.3. The van der Waals surface area contributed by atoms with E-state index in [0.29, 0.717) is 6.04 Å². The summed E-state index contributed by atoms with van der Waals surface area (Å²) in [6.07, 6.45) is 5.73. The largest absolute Gasteiger partial charge is 0.383 e. The summed E-state index contributed by atoms with van der Waals surface area (Å²) < 4.78 is 5.11. The number of hydrogen-bond acceptors (Lipinski definition) is 4. The summed E-state index contributed by atoms with van der Waals surface area (Å²) >= 11 is 0. The van der Waals surface area contributed by atoms with E-state index < -0.39 is 0 Å². The van der Waals surface area contributed by atoms with Crippen molar-refractivity contribution in [3.05, 3.63) is 22.8 Å². The summed E-state index contributed by atoms with van der Waals surface area (Å²) in [5.41, 5.74) is 3.87. The van der Waals surface area contributed by atoms with Gasteiger partial charge < -0.3 is 10.1 Å². The second-order valence-electron chi connectivity index (χ2n) is 5.42. The Hall–Kier alpha value is -1.00. The van der Waals surface area contributed by atoms with Crippen LogP contribution < -0.4 is 5.32 Å². The monoisotopic (exact) mass is 263 g/mol. The maximum Gasteiger partial charge on any atom is 0.130 e. The number of nitrogens with zero attached hydrogens (tertiary/aromatic N) is 2. The number of nitrogens with one attached hydrogen (secondary N) is 1. The molecule has 1 aliphatic rings. The highest BCUT2D eigenvalue weighted by atomic mass is 16.5. The summed E-state index contributed by atoms with van der Waals surface area (Å²) in [5, 5.41) is 3.43. The first kappa shape index (κ1) is 14.4. The molecule has 1 aromatic heterocycles. The van der Waals surface area contributed by atoms with E-state index in [1.165, 1.54) is 29.8 Å². The van der Waals surface area contributed by atoms with Crippen LogP contribution in [0.1, 0.15) is 42.5 Å². The summed E-state index contributed by atoms with van der Waals surface area (Å²) in [4.78, 5) is 9.38. The molecule has 1 aliphatic carbocycles. The smallest absolute Gasteiger partial charge is 0.130 e. The molecule has 0 aromatic carbocycles. The highest BCUT2D eigenvalue weighted by molar-refractivity contribution is 5.27. The average Bonchev–Trinajstić information content (AvgIpc) is 2.39. The van der Waals surface area contributed by atoms with Gasteiger partial charge in [0.2, 0.25) is 0 Å².